The predicted octanol–water partition coefficient (Wildman–Crippen LogP) is 3.30. The number of aliphatic hydroxyl groups excluding tert-OH is 2. The number of ether oxygens (including phenoxy) is 1. The molecule has 0 spiro atoms. The maximum absolute atomic E-state index is 13.9. The van der Waals surface area contributed by atoms with Gasteiger partial charge in [-0.05, 0) is 48.7 Å². The van der Waals surface area contributed by atoms with Crippen molar-refractivity contribution in [3.8, 4) is 16.9 Å². The first-order valence-electron chi connectivity index (χ1n) is 14.6. The van der Waals surface area contributed by atoms with E-state index in [0.29, 0.717) is 24.5 Å². The van der Waals surface area contributed by atoms with Crippen molar-refractivity contribution in [2.75, 3.05) is 32.6 Å². The normalized spacial score (nSPS) is 15.5. The van der Waals surface area contributed by atoms with Crippen LogP contribution in [0.25, 0.3) is 11.1 Å². The summed E-state index contributed by atoms with van der Waals surface area (Å²) in [4.78, 5) is 41.6. The van der Waals surface area contributed by atoms with Crippen LogP contribution in [0.4, 0.5) is 10.5 Å². The molecule has 6 N–H and O–H groups in total. The van der Waals surface area contributed by atoms with Gasteiger partial charge in [0.2, 0.25) is 5.91 Å². The molecule has 0 radical (unpaired) electrons. The number of carbonyl (C=O) groups excluding carboxylic acids is 3. The molecule has 4 amide bonds. The Hall–Kier alpha value is -4.10. The van der Waals surface area contributed by atoms with Gasteiger partial charge >= 0.3 is 6.03 Å². The molecule has 0 aliphatic carbocycles. The number of carbonyl (C=O) groups is 3. The van der Waals surface area contributed by atoms with Crippen LogP contribution in [0.1, 0.15) is 31.4 Å². The van der Waals surface area contributed by atoms with Crippen LogP contribution in [0.15, 0.2) is 71.6 Å². The second-order valence-corrected chi connectivity index (χ2v) is 12.6. The van der Waals surface area contributed by atoms with E-state index < -0.39 is 17.0 Å². The molecule has 3 aromatic rings. The lowest BCUT2D eigenvalue weighted by atomic mass is 10.00. The smallest absolute Gasteiger partial charge is 0.318 e. The van der Waals surface area contributed by atoms with Crippen molar-refractivity contribution < 1.29 is 29.3 Å². The van der Waals surface area contributed by atoms with Crippen molar-refractivity contribution in [3.63, 3.8) is 0 Å². The number of thioether (sulfide) groups is 1. The van der Waals surface area contributed by atoms with Crippen molar-refractivity contribution in [3.05, 3.63) is 77.9 Å². The highest BCUT2D eigenvalue weighted by Crippen LogP contribution is 2.35. The van der Waals surface area contributed by atoms with Crippen LogP contribution in [-0.2, 0) is 22.7 Å². The maximum Gasteiger partial charge on any atom is 0.318 e. The molecular formula is C33H41N5O6S. The Morgan fingerprint density at radius 3 is 2.53 bits per heavy atom. The molecule has 11 nitrogen and oxygen atoms in total. The lowest BCUT2D eigenvalue weighted by Crippen LogP contribution is -2.50. The van der Waals surface area contributed by atoms with Crippen LogP contribution in [0.3, 0.4) is 0 Å². The highest BCUT2D eigenvalue weighted by Gasteiger charge is 2.33. The summed E-state index contributed by atoms with van der Waals surface area (Å²) in [5.74, 6) is 0.104. The first-order chi connectivity index (χ1) is 21.5. The SMILES string of the molecule is CNC(=O)Nc1ccccc1-c1ccc(CN2Cc3ccc(OC)cc3S[C@@H](NC(=O)CC(C)(C)NC[C@H](O)CO)C2=O)cc1. The molecule has 3 aromatic carbocycles. The van der Waals surface area contributed by atoms with Gasteiger partial charge in [-0.15, -0.1) is 0 Å². The average Bonchev–Trinajstić information content (AvgIpc) is 3.15. The van der Waals surface area contributed by atoms with E-state index in [1.165, 1.54) is 11.8 Å². The fourth-order valence-electron chi connectivity index (χ4n) is 4.91. The Kier molecular flexibility index (Phi) is 11.5. The van der Waals surface area contributed by atoms with E-state index in [4.69, 9.17) is 9.84 Å². The minimum absolute atomic E-state index is 0.0537. The molecule has 1 aliphatic heterocycles. The monoisotopic (exact) mass is 635 g/mol. The molecule has 4 rings (SSSR count). The first-order valence-corrected chi connectivity index (χ1v) is 15.5. The summed E-state index contributed by atoms with van der Waals surface area (Å²) in [5, 5.41) is 29.4. The number of amides is 4. The molecule has 1 aliphatic rings. The first kappa shape index (κ1) is 33.8. The van der Waals surface area contributed by atoms with E-state index in [2.05, 4.69) is 21.3 Å². The molecular weight excluding hydrogens is 594 g/mol. The molecule has 45 heavy (non-hydrogen) atoms. The fraction of sp³-hybridized carbons (Fsp3) is 0.364. The number of benzene rings is 3. The van der Waals surface area contributed by atoms with Crippen LogP contribution in [0, 0.1) is 0 Å². The summed E-state index contributed by atoms with van der Waals surface area (Å²) in [5.41, 5.74) is 3.62. The number of rotatable bonds is 12. The summed E-state index contributed by atoms with van der Waals surface area (Å²) in [6, 6.07) is 20.7. The molecule has 12 heteroatoms. The number of β-amino-alcohol motifs (C(OH)–C–C–N with tert-alkyl or cyclic N) is 1. The van der Waals surface area contributed by atoms with E-state index >= 15 is 0 Å². The molecule has 240 valence electrons. The number of methoxy groups -OCH3 is 1. The summed E-state index contributed by atoms with van der Waals surface area (Å²) in [6.45, 7) is 4.06. The number of anilines is 1. The highest BCUT2D eigenvalue weighted by molar-refractivity contribution is 8.00. The molecule has 0 unspecified atom stereocenters. The summed E-state index contributed by atoms with van der Waals surface area (Å²) in [7, 11) is 3.14. The lowest BCUT2D eigenvalue weighted by molar-refractivity contribution is -0.135. The van der Waals surface area contributed by atoms with E-state index in [1.54, 1.807) is 19.1 Å². The second kappa shape index (κ2) is 15.3. The van der Waals surface area contributed by atoms with Crippen molar-refractivity contribution in [2.24, 2.45) is 0 Å². The summed E-state index contributed by atoms with van der Waals surface area (Å²) >= 11 is 1.28. The predicted molar refractivity (Wildman–Crippen MR) is 175 cm³/mol. The Morgan fingerprint density at radius 2 is 1.84 bits per heavy atom. The summed E-state index contributed by atoms with van der Waals surface area (Å²) < 4.78 is 5.42. The second-order valence-electron chi connectivity index (χ2n) is 11.5. The van der Waals surface area contributed by atoms with E-state index in [1.807, 2.05) is 80.6 Å². The Labute approximate surface area is 267 Å². The van der Waals surface area contributed by atoms with Crippen LogP contribution < -0.4 is 26.0 Å². The van der Waals surface area contributed by atoms with E-state index in [-0.39, 0.29) is 37.4 Å². The van der Waals surface area contributed by atoms with E-state index in [0.717, 1.165) is 27.1 Å². The zero-order valence-electron chi connectivity index (χ0n) is 25.9. The molecule has 0 aromatic heterocycles. The highest BCUT2D eigenvalue weighted by atomic mass is 32.2. The van der Waals surface area contributed by atoms with Gasteiger partial charge in [0, 0.05) is 49.1 Å². The van der Waals surface area contributed by atoms with Gasteiger partial charge in [-0.2, -0.15) is 0 Å². The Bertz CT molecular complexity index is 1500. The molecule has 0 saturated carbocycles. The number of aliphatic hydroxyl groups is 2. The molecule has 0 saturated heterocycles. The Balaban J connectivity index is 1.53. The van der Waals surface area contributed by atoms with Gasteiger partial charge in [0.25, 0.3) is 5.91 Å². The van der Waals surface area contributed by atoms with Gasteiger partial charge in [0.15, 0.2) is 5.37 Å². The van der Waals surface area contributed by atoms with Gasteiger partial charge in [-0.25, -0.2) is 4.79 Å². The number of urea groups is 1. The fourth-order valence-corrected chi connectivity index (χ4v) is 6.07. The molecule has 2 atom stereocenters. The zero-order chi connectivity index (χ0) is 32.6. The topological polar surface area (TPSA) is 152 Å². The lowest BCUT2D eigenvalue weighted by Gasteiger charge is -2.29. The van der Waals surface area contributed by atoms with Gasteiger partial charge in [-0.1, -0.05) is 60.3 Å². The summed E-state index contributed by atoms with van der Waals surface area (Å²) in [6.07, 6.45) is -0.882. The third-order valence-electron chi connectivity index (χ3n) is 7.38. The molecule has 0 fully saturated rings. The minimum Gasteiger partial charge on any atom is -0.497 e. The van der Waals surface area contributed by atoms with Crippen molar-refractivity contribution in [1.29, 1.82) is 0 Å². The third-order valence-corrected chi connectivity index (χ3v) is 8.57. The number of hydrogen-bond acceptors (Lipinski definition) is 8. The molecule has 0 bridgehead atoms. The van der Waals surface area contributed by atoms with Crippen molar-refractivity contribution in [1.82, 2.24) is 20.9 Å². The van der Waals surface area contributed by atoms with Gasteiger partial charge in [0.1, 0.15) is 5.75 Å². The van der Waals surface area contributed by atoms with Crippen LogP contribution in [-0.4, -0.2) is 77.3 Å². The quantitative estimate of drug-likeness (QED) is 0.177. The van der Waals surface area contributed by atoms with Crippen molar-refractivity contribution >= 4 is 35.3 Å². The minimum atomic E-state index is -0.936. The standard InChI is InChI=1S/C33H41N5O6S/c1-33(2,35-17-24(40)20-39)16-29(41)37-30-31(42)38(19-23-13-14-25(44-4)15-28(23)45-30)18-21-9-11-22(12-10-21)26-7-5-6-8-27(26)36-32(43)34-3/h5-15,24,30,35,39-40H,16-20H2,1-4H3,(H,37,41)(H2,34,36,43)/t24-,30+/m0/s1. The number of hydrogen-bond donors (Lipinski definition) is 6. The van der Waals surface area contributed by atoms with Gasteiger partial charge in [0.05, 0.1) is 25.5 Å². The van der Waals surface area contributed by atoms with Crippen LogP contribution >= 0.6 is 11.8 Å². The third kappa shape index (κ3) is 9.21. The van der Waals surface area contributed by atoms with Crippen molar-refractivity contribution in [2.45, 2.75) is 55.3 Å². The average molecular weight is 636 g/mol. The largest absolute Gasteiger partial charge is 0.497 e. The van der Waals surface area contributed by atoms with Crippen LogP contribution in [0.5, 0.6) is 5.75 Å². The number of para-hydroxylation sites is 1. The van der Waals surface area contributed by atoms with Gasteiger partial charge in [-0.3, -0.25) is 9.59 Å². The zero-order valence-corrected chi connectivity index (χ0v) is 26.7. The number of nitrogens with zero attached hydrogens (tertiary/aromatic N) is 1. The number of nitrogens with one attached hydrogen (secondary N) is 4. The van der Waals surface area contributed by atoms with Gasteiger partial charge < -0.3 is 41.1 Å². The van der Waals surface area contributed by atoms with Crippen LogP contribution in [0.2, 0.25) is 0 Å². The maximum atomic E-state index is 13.9. The van der Waals surface area contributed by atoms with E-state index in [9.17, 15) is 19.5 Å². The number of fused-ring (bicyclic) bond motifs is 1. The molecule has 1 heterocycles. The Morgan fingerprint density at radius 1 is 1.11 bits per heavy atom.